The van der Waals surface area contributed by atoms with Gasteiger partial charge in [-0.3, -0.25) is 14.5 Å². The molecule has 4 heterocycles. The van der Waals surface area contributed by atoms with Crippen LogP contribution in [-0.2, 0) is 40.7 Å². The Morgan fingerprint density at radius 1 is 0.868 bits per heavy atom. The lowest BCUT2D eigenvalue weighted by molar-refractivity contribution is -0.154. The maximum atomic E-state index is 14.7. The molecule has 13 nitrogen and oxygen atoms in total. The first-order valence-electron chi connectivity index (χ1n) is 21.4. The van der Waals surface area contributed by atoms with Gasteiger partial charge in [-0.05, 0) is 63.8 Å². The second-order valence-electron chi connectivity index (χ2n) is 15.6. The summed E-state index contributed by atoms with van der Waals surface area (Å²) < 4.78 is 21.3. The lowest BCUT2D eigenvalue weighted by Gasteiger charge is -2.49. The molecule has 17 heteroatoms. The van der Waals surface area contributed by atoms with Crippen LogP contribution in [0.3, 0.4) is 0 Å². The van der Waals surface area contributed by atoms with E-state index in [4.69, 9.17) is 14.6 Å². The molecule has 9 rings (SSSR count). The van der Waals surface area contributed by atoms with Gasteiger partial charge in [0.25, 0.3) is 11.8 Å². The summed E-state index contributed by atoms with van der Waals surface area (Å²) in [5, 5.41) is 20.7. The molecule has 7 aromatic rings. The molecule has 0 bridgehead atoms. The maximum absolute atomic E-state index is 14.7. The monoisotopic (exact) mass is 977 g/mol. The van der Waals surface area contributed by atoms with Gasteiger partial charge in [0, 0.05) is 11.0 Å². The predicted molar refractivity (Wildman–Crippen MR) is 266 cm³/mol. The van der Waals surface area contributed by atoms with Gasteiger partial charge in [0.05, 0.1) is 0 Å². The average molecular weight is 978 g/mol. The molecule has 2 aliphatic rings. The van der Waals surface area contributed by atoms with Crippen molar-refractivity contribution >= 4 is 74.2 Å². The Bertz CT molecular complexity index is 2870. The average Bonchev–Trinajstić information content (AvgIpc) is 4.02. The lowest BCUT2D eigenvalue weighted by Crippen LogP contribution is -2.75. The molecular formula is C51H43N7O6S4. The van der Waals surface area contributed by atoms with Gasteiger partial charge < -0.3 is 24.8 Å². The normalized spacial score (nSPS) is 17.3. The molecule has 1 saturated heterocycles. The van der Waals surface area contributed by atoms with Gasteiger partial charge >= 0.3 is 5.97 Å². The standard InChI is InChI=1S/C51H43N7O6S4/c1-32(66-50-56-55-33(2)67-50)29-36-31-68(62)47-42(46(60)58(47)43(36)48(61)64-44(34-19-9-4-10-20-34)35-21-11-5-12-22-35)53-45(59)41(57-63-3)40-30-65-49(52-40)54-51(37-23-13-6-14-24-37,38-25-15-7-16-26-38)39-27-17-8-18-28-39/h4-30,42,44,47H,31H2,1-3H3,(H,52,54)(H,53,59). The van der Waals surface area contributed by atoms with E-state index < -0.39 is 52.0 Å². The van der Waals surface area contributed by atoms with E-state index in [0.29, 0.717) is 15.0 Å². The molecule has 1 fully saturated rings. The molecular weight excluding hydrogens is 935 g/mol. The van der Waals surface area contributed by atoms with Gasteiger partial charge in [-0.2, -0.15) is 0 Å². The van der Waals surface area contributed by atoms with Crippen molar-refractivity contribution in [3.8, 4) is 0 Å². The van der Waals surface area contributed by atoms with Crippen LogP contribution >= 0.6 is 34.4 Å². The number of aryl methyl sites for hydroxylation is 1. The van der Waals surface area contributed by atoms with Crippen LogP contribution in [-0.4, -0.2) is 72.4 Å². The van der Waals surface area contributed by atoms with Crippen LogP contribution in [0.4, 0.5) is 5.13 Å². The summed E-state index contributed by atoms with van der Waals surface area (Å²) in [4.78, 5) is 55.3. The number of rotatable bonds is 16. The number of anilines is 1. The smallest absolute Gasteiger partial charge is 0.356 e. The van der Waals surface area contributed by atoms with Crippen molar-refractivity contribution in [1.82, 2.24) is 25.4 Å². The minimum atomic E-state index is -1.78. The van der Waals surface area contributed by atoms with E-state index in [2.05, 4.69) is 26.0 Å². The molecule has 3 atom stereocenters. The van der Waals surface area contributed by atoms with E-state index >= 15 is 0 Å². The number of ether oxygens (including phenoxy) is 1. The summed E-state index contributed by atoms with van der Waals surface area (Å²) >= 11 is 2.25. The second kappa shape index (κ2) is 20.5. The highest BCUT2D eigenvalue weighted by molar-refractivity contribution is 8.04. The maximum Gasteiger partial charge on any atom is 0.356 e. The van der Waals surface area contributed by atoms with Crippen molar-refractivity contribution in [3.63, 3.8) is 0 Å². The summed E-state index contributed by atoms with van der Waals surface area (Å²) in [5.74, 6) is -2.33. The zero-order valence-electron chi connectivity index (χ0n) is 36.8. The summed E-state index contributed by atoms with van der Waals surface area (Å²) in [7, 11) is 1.30. The van der Waals surface area contributed by atoms with E-state index in [1.54, 1.807) is 11.5 Å². The van der Waals surface area contributed by atoms with Crippen LogP contribution in [0.15, 0.2) is 189 Å². The minimum absolute atomic E-state index is 0.0601. The van der Waals surface area contributed by atoms with Crippen LogP contribution in [0, 0.1) is 6.92 Å². The number of allylic oxidation sites excluding steroid dienone is 2. The number of nitrogens with one attached hydrogen (secondary N) is 2. The number of carbonyl (C=O) groups excluding carboxylic acids is 3. The van der Waals surface area contributed by atoms with Gasteiger partial charge in [-0.25, -0.2) is 9.78 Å². The summed E-state index contributed by atoms with van der Waals surface area (Å²) in [6, 6.07) is 47.4. The SMILES string of the molecule is CON=C(C(=O)NC1C(=O)N2C(C(=O)OC(c3ccccc3)c3ccccc3)=C(C=C(C)Sc3nnc(C)s3)C[S+]([O-])C12)c1csc(NC(c2ccccc2)(c2ccccc2)c2ccccc2)n1. The zero-order chi connectivity index (χ0) is 47.2. The molecule has 0 saturated carbocycles. The van der Waals surface area contributed by atoms with Crippen molar-refractivity contribution in [2.75, 3.05) is 18.2 Å². The van der Waals surface area contributed by atoms with Crippen molar-refractivity contribution in [2.24, 2.45) is 5.16 Å². The Kier molecular flexibility index (Phi) is 14.0. The molecule has 0 aliphatic carbocycles. The molecule has 2 amide bonds. The van der Waals surface area contributed by atoms with E-state index in [0.717, 1.165) is 37.7 Å². The fraction of sp³-hybridized carbons (Fsp3) is 0.157. The Morgan fingerprint density at radius 2 is 1.41 bits per heavy atom. The van der Waals surface area contributed by atoms with Gasteiger partial charge in [0.15, 0.2) is 27.3 Å². The number of esters is 1. The van der Waals surface area contributed by atoms with Gasteiger partial charge in [-0.15, -0.1) is 21.5 Å². The number of oxime groups is 1. The summed E-state index contributed by atoms with van der Waals surface area (Å²) in [6.07, 6.45) is 0.897. The van der Waals surface area contributed by atoms with E-state index in [1.165, 1.54) is 46.4 Å². The predicted octanol–water partition coefficient (Wildman–Crippen LogP) is 8.76. The molecule has 342 valence electrons. The van der Waals surface area contributed by atoms with Crippen molar-refractivity contribution < 1.29 is 28.5 Å². The topological polar surface area (TPSA) is 171 Å². The van der Waals surface area contributed by atoms with Crippen LogP contribution in [0.5, 0.6) is 0 Å². The van der Waals surface area contributed by atoms with Gasteiger partial charge in [-0.1, -0.05) is 180 Å². The van der Waals surface area contributed by atoms with Crippen LogP contribution < -0.4 is 10.6 Å². The van der Waals surface area contributed by atoms with E-state index in [9.17, 15) is 18.9 Å². The number of amides is 2. The highest BCUT2D eigenvalue weighted by Gasteiger charge is 2.61. The van der Waals surface area contributed by atoms with Crippen molar-refractivity contribution in [3.05, 3.63) is 218 Å². The Hall–Kier alpha value is -6.89. The first kappa shape index (κ1) is 46.2. The third kappa shape index (κ3) is 9.48. The Labute approximate surface area is 408 Å². The fourth-order valence-corrected chi connectivity index (χ4v) is 12.5. The molecule has 0 radical (unpaired) electrons. The molecule has 0 spiro atoms. The molecule has 2 aromatic heterocycles. The number of nitrogens with zero attached hydrogens (tertiary/aromatic N) is 5. The molecule has 3 unspecified atom stereocenters. The summed E-state index contributed by atoms with van der Waals surface area (Å²) in [5.41, 5.74) is 3.66. The Morgan fingerprint density at radius 3 is 1.93 bits per heavy atom. The number of hydrogen-bond donors (Lipinski definition) is 2. The lowest BCUT2D eigenvalue weighted by atomic mass is 9.77. The third-order valence-electron chi connectivity index (χ3n) is 11.3. The fourth-order valence-electron chi connectivity index (χ4n) is 8.27. The molecule has 68 heavy (non-hydrogen) atoms. The quantitative estimate of drug-likeness (QED) is 0.0181. The number of hydrogen-bond acceptors (Lipinski definition) is 14. The first-order valence-corrected chi connectivity index (χ1v) is 25.3. The Balaban J connectivity index is 1.01. The van der Waals surface area contributed by atoms with Crippen LogP contribution in [0.2, 0.25) is 0 Å². The molecule has 5 aromatic carbocycles. The second-order valence-corrected chi connectivity index (χ2v) is 20.7. The number of aromatic nitrogens is 3. The summed E-state index contributed by atoms with van der Waals surface area (Å²) in [6.45, 7) is 3.69. The van der Waals surface area contributed by atoms with Crippen molar-refractivity contribution in [1.29, 1.82) is 0 Å². The number of carbonyl (C=O) groups is 3. The zero-order valence-corrected chi connectivity index (χ0v) is 40.1. The number of fused-ring (bicyclic) bond motifs is 1. The van der Waals surface area contributed by atoms with Crippen molar-refractivity contribution in [2.45, 2.75) is 41.2 Å². The van der Waals surface area contributed by atoms with E-state index in [1.807, 2.05) is 166 Å². The number of thiazole rings is 1. The molecule has 2 N–H and O–H groups in total. The molecule has 2 aliphatic heterocycles. The van der Waals surface area contributed by atoms with Crippen LogP contribution in [0.1, 0.15) is 51.5 Å². The third-order valence-corrected chi connectivity index (χ3v) is 15.5. The largest absolute Gasteiger partial charge is 0.614 e. The minimum Gasteiger partial charge on any atom is -0.614 e. The number of thioether (sulfide) groups is 1. The van der Waals surface area contributed by atoms with E-state index in [-0.39, 0.29) is 22.9 Å². The number of benzene rings is 5. The highest BCUT2D eigenvalue weighted by atomic mass is 32.2. The van der Waals surface area contributed by atoms with Gasteiger partial charge in [0.1, 0.15) is 34.8 Å². The van der Waals surface area contributed by atoms with Crippen LogP contribution in [0.25, 0.3) is 0 Å². The highest BCUT2D eigenvalue weighted by Crippen LogP contribution is 2.42. The number of β-lactam (4-membered cyclic amide) rings is 1. The van der Waals surface area contributed by atoms with Gasteiger partial charge in [0.2, 0.25) is 5.37 Å². The first-order chi connectivity index (χ1) is 33.1.